The highest BCUT2D eigenvalue weighted by molar-refractivity contribution is 6.02. The van der Waals surface area contributed by atoms with E-state index in [1.165, 1.54) is 6.33 Å². The minimum atomic E-state index is -0.366. The smallest absolute Gasteiger partial charge is 0.200 e. The Bertz CT molecular complexity index is 278. The number of Topliss-reactive ketones (excluding diaryl/α,β-unsaturated/α-hetero) is 1. The molecular weight excluding hydrogens is 130 g/mol. The van der Waals surface area contributed by atoms with Crippen molar-refractivity contribution < 1.29 is 4.79 Å². The Labute approximate surface area is 57.5 Å². The van der Waals surface area contributed by atoms with Crippen molar-refractivity contribution in [1.82, 2.24) is 9.97 Å². The van der Waals surface area contributed by atoms with E-state index in [9.17, 15) is 4.79 Å². The van der Waals surface area contributed by atoms with Crippen LogP contribution in [0.15, 0.2) is 6.33 Å². The van der Waals surface area contributed by atoms with Gasteiger partial charge in [0.2, 0.25) is 0 Å². The molecule has 0 spiro atoms. The molecule has 1 aliphatic rings. The molecule has 0 saturated heterocycles. The number of imidazole rings is 1. The van der Waals surface area contributed by atoms with Crippen LogP contribution in [-0.2, 0) is 6.42 Å². The summed E-state index contributed by atoms with van der Waals surface area (Å²) in [7, 11) is 0. The summed E-state index contributed by atoms with van der Waals surface area (Å²) in [4.78, 5) is 17.8. The maximum absolute atomic E-state index is 11.1. The average molecular weight is 137 g/mol. The molecule has 1 aromatic heterocycles. The number of nitrogens with one attached hydrogen (secondary N) is 1. The zero-order valence-corrected chi connectivity index (χ0v) is 5.29. The third-order valence-corrected chi connectivity index (χ3v) is 1.71. The summed E-state index contributed by atoms with van der Waals surface area (Å²) in [5, 5.41) is 0. The van der Waals surface area contributed by atoms with Crippen molar-refractivity contribution in [2.45, 2.75) is 12.5 Å². The number of aromatic amines is 1. The number of nitrogens with zero attached hydrogens (tertiary/aromatic N) is 1. The molecule has 0 aromatic carbocycles. The lowest BCUT2D eigenvalue weighted by Crippen LogP contribution is -2.26. The second kappa shape index (κ2) is 1.67. The molecule has 1 atom stereocenters. The first-order chi connectivity index (χ1) is 4.79. The van der Waals surface area contributed by atoms with E-state index in [1.54, 1.807) is 0 Å². The number of nitrogens with two attached hydrogens (primary N) is 1. The van der Waals surface area contributed by atoms with Crippen LogP contribution >= 0.6 is 0 Å². The molecule has 4 heteroatoms. The number of fused-ring (bicyclic) bond motifs is 1. The number of hydrogen-bond donors (Lipinski definition) is 2. The molecular formula is C6H7N3O. The van der Waals surface area contributed by atoms with E-state index in [0.717, 1.165) is 5.69 Å². The van der Waals surface area contributed by atoms with Crippen molar-refractivity contribution in [3.8, 4) is 0 Å². The molecule has 0 amide bonds. The lowest BCUT2D eigenvalue weighted by atomic mass is 10.2. The van der Waals surface area contributed by atoms with Gasteiger partial charge in [0.25, 0.3) is 0 Å². The van der Waals surface area contributed by atoms with Crippen molar-refractivity contribution >= 4 is 5.78 Å². The minimum absolute atomic E-state index is 0.0451. The fraction of sp³-hybridized carbons (Fsp3) is 0.333. The maximum atomic E-state index is 11.1. The van der Waals surface area contributed by atoms with Crippen LogP contribution in [0.3, 0.4) is 0 Å². The van der Waals surface area contributed by atoms with Gasteiger partial charge in [-0.1, -0.05) is 0 Å². The Morgan fingerprint density at radius 3 is 3.30 bits per heavy atom. The average Bonchev–Trinajstić information content (AvgIpc) is 2.41. The van der Waals surface area contributed by atoms with Crippen LogP contribution in [0.2, 0.25) is 0 Å². The van der Waals surface area contributed by atoms with Crippen molar-refractivity contribution in [3.63, 3.8) is 0 Å². The largest absolute Gasteiger partial charge is 0.348 e. The molecule has 0 bridgehead atoms. The van der Waals surface area contributed by atoms with Gasteiger partial charge in [0, 0.05) is 12.1 Å². The number of H-pyrrole nitrogens is 1. The molecule has 0 fully saturated rings. The molecule has 0 aliphatic heterocycles. The normalized spacial score (nSPS) is 23.3. The number of carbonyl (C=O) groups is 1. The van der Waals surface area contributed by atoms with E-state index in [4.69, 9.17) is 5.73 Å². The van der Waals surface area contributed by atoms with E-state index in [-0.39, 0.29) is 11.8 Å². The predicted molar refractivity (Wildman–Crippen MR) is 34.6 cm³/mol. The Kier molecular flexibility index (Phi) is 0.935. The van der Waals surface area contributed by atoms with Crippen molar-refractivity contribution in [1.29, 1.82) is 0 Å². The van der Waals surface area contributed by atoms with Crippen LogP contribution in [0.25, 0.3) is 0 Å². The first-order valence-electron chi connectivity index (χ1n) is 3.11. The highest BCUT2D eigenvalue weighted by atomic mass is 16.1. The van der Waals surface area contributed by atoms with Gasteiger partial charge in [-0.3, -0.25) is 4.79 Å². The summed E-state index contributed by atoms with van der Waals surface area (Å²) in [5.41, 5.74) is 6.86. The van der Waals surface area contributed by atoms with Crippen LogP contribution in [0.5, 0.6) is 0 Å². The molecule has 1 aliphatic carbocycles. The van der Waals surface area contributed by atoms with Crippen LogP contribution in [0, 0.1) is 0 Å². The van der Waals surface area contributed by atoms with Crippen LogP contribution < -0.4 is 5.73 Å². The second-order valence-electron chi connectivity index (χ2n) is 2.40. The number of carbonyl (C=O) groups excluding carboxylic acids is 1. The third-order valence-electron chi connectivity index (χ3n) is 1.71. The monoisotopic (exact) mass is 137 g/mol. The molecule has 2 rings (SSSR count). The Balaban J connectivity index is 2.53. The van der Waals surface area contributed by atoms with Crippen LogP contribution in [0.1, 0.15) is 16.2 Å². The lowest BCUT2D eigenvalue weighted by Gasteiger charge is -1.94. The zero-order valence-electron chi connectivity index (χ0n) is 5.29. The number of ketones is 1. The molecule has 52 valence electrons. The number of rotatable bonds is 0. The van der Waals surface area contributed by atoms with Crippen LogP contribution in [0.4, 0.5) is 0 Å². The summed E-state index contributed by atoms with van der Waals surface area (Å²) in [6.07, 6.45) is 2.13. The lowest BCUT2D eigenvalue weighted by molar-refractivity contribution is 0.0970. The number of aromatic nitrogens is 2. The first-order valence-corrected chi connectivity index (χ1v) is 3.11. The predicted octanol–water partition coefficient (Wildman–Crippen LogP) is -0.524. The molecule has 4 nitrogen and oxygen atoms in total. The third kappa shape index (κ3) is 0.537. The van der Waals surface area contributed by atoms with Gasteiger partial charge in [-0.2, -0.15) is 0 Å². The first kappa shape index (κ1) is 5.61. The highest BCUT2D eigenvalue weighted by Gasteiger charge is 2.29. The zero-order chi connectivity index (χ0) is 7.14. The summed E-state index contributed by atoms with van der Waals surface area (Å²) >= 11 is 0. The van der Waals surface area contributed by atoms with Gasteiger partial charge in [0.05, 0.1) is 12.4 Å². The van der Waals surface area contributed by atoms with E-state index in [1.807, 2.05) is 0 Å². The SMILES string of the molecule is NC1Cc2[nH]cnc2C1=O. The quantitative estimate of drug-likeness (QED) is 0.505. The van der Waals surface area contributed by atoms with Gasteiger partial charge >= 0.3 is 0 Å². The van der Waals surface area contributed by atoms with Gasteiger partial charge in [0.1, 0.15) is 5.69 Å². The summed E-state index contributed by atoms with van der Waals surface area (Å²) in [6.45, 7) is 0. The fourth-order valence-electron chi connectivity index (χ4n) is 1.18. The Morgan fingerprint density at radius 1 is 1.80 bits per heavy atom. The maximum Gasteiger partial charge on any atom is 0.200 e. The molecule has 0 radical (unpaired) electrons. The number of hydrogen-bond acceptors (Lipinski definition) is 3. The van der Waals surface area contributed by atoms with Gasteiger partial charge in [-0.05, 0) is 0 Å². The van der Waals surface area contributed by atoms with E-state index in [2.05, 4.69) is 9.97 Å². The van der Waals surface area contributed by atoms with E-state index >= 15 is 0 Å². The minimum Gasteiger partial charge on any atom is -0.348 e. The van der Waals surface area contributed by atoms with Crippen molar-refractivity contribution in [2.75, 3.05) is 0 Å². The van der Waals surface area contributed by atoms with Crippen molar-refractivity contribution in [2.24, 2.45) is 5.73 Å². The second-order valence-corrected chi connectivity index (χ2v) is 2.40. The molecule has 1 unspecified atom stereocenters. The van der Waals surface area contributed by atoms with Gasteiger partial charge < -0.3 is 10.7 Å². The topological polar surface area (TPSA) is 71.8 Å². The Morgan fingerprint density at radius 2 is 2.60 bits per heavy atom. The van der Waals surface area contributed by atoms with Gasteiger partial charge in [-0.15, -0.1) is 0 Å². The van der Waals surface area contributed by atoms with Gasteiger partial charge in [0.15, 0.2) is 5.78 Å². The highest BCUT2D eigenvalue weighted by Crippen LogP contribution is 2.15. The standard InChI is InChI=1S/C6H7N3O/c7-3-1-4-5(6(3)10)9-2-8-4/h2-3H,1,7H2,(H,8,9). The van der Waals surface area contributed by atoms with E-state index in [0.29, 0.717) is 12.1 Å². The Hall–Kier alpha value is -1.16. The molecule has 1 heterocycles. The van der Waals surface area contributed by atoms with Crippen molar-refractivity contribution in [3.05, 3.63) is 17.7 Å². The van der Waals surface area contributed by atoms with Gasteiger partial charge in [-0.25, -0.2) is 4.98 Å². The molecule has 3 N–H and O–H groups in total. The molecule has 0 saturated carbocycles. The molecule has 1 aromatic rings. The summed E-state index contributed by atoms with van der Waals surface area (Å²) in [6, 6.07) is -0.366. The van der Waals surface area contributed by atoms with Crippen LogP contribution in [-0.4, -0.2) is 21.8 Å². The fourth-order valence-corrected chi connectivity index (χ4v) is 1.18. The molecule has 10 heavy (non-hydrogen) atoms. The summed E-state index contributed by atoms with van der Waals surface area (Å²) < 4.78 is 0. The summed E-state index contributed by atoms with van der Waals surface area (Å²) in [5.74, 6) is -0.0451. The van der Waals surface area contributed by atoms with E-state index < -0.39 is 0 Å².